The van der Waals surface area contributed by atoms with Gasteiger partial charge in [-0.1, -0.05) is 99.5 Å². The molecule has 0 spiro atoms. The van der Waals surface area contributed by atoms with Gasteiger partial charge in [0.15, 0.2) is 0 Å². The fourth-order valence-electron chi connectivity index (χ4n) is 6.15. The Morgan fingerprint density at radius 3 is 0.576 bits per heavy atom. The summed E-state index contributed by atoms with van der Waals surface area (Å²) in [6.45, 7) is 54.7. The lowest BCUT2D eigenvalue weighted by Crippen LogP contribution is -2.69. The van der Waals surface area contributed by atoms with Crippen LogP contribution in [-0.2, 0) is 0 Å². The van der Waals surface area contributed by atoms with Crippen LogP contribution in [0.5, 0.6) is 0 Å². The number of rotatable bonds is 16. The second-order valence-electron chi connectivity index (χ2n) is 11.0. The largest absolute Gasteiger partial charge is 0.107 e. The predicted molar refractivity (Wildman–Crippen MR) is 171 cm³/mol. The molecule has 0 saturated carbocycles. The highest BCUT2D eigenvalue weighted by Crippen LogP contribution is 2.60. The van der Waals surface area contributed by atoms with Crippen molar-refractivity contribution in [1.29, 1.82) is 0 Å². The zero-order valence-corrected chi connectivity index (χ0v) is 28.1. The van der Waals surface area contributed by atoms with Gasteiger partial charge < -0.3 is 0 Å². The molecule has 0 heterocycles. The van der Waals surface area contributed by atoms with E-state index in [0.717, 1.165) is 0 Å². The van der Waals surface area contributed by atoms with Crippen LogP contribution in [0.2, 0.25) is 46.8 Å². The predicted octanol–water partition coefficient (Wildman–Crippen LogP) is 9.27. The third-order valence-corrected chi connectivity index (χ3v) is 44.2. The van der Waals surface area contributed by atoms with Crippen molar-refractivity contribution in [3.05, 3.63) is 98.2 Å². The van der Waals surface area contributed by atoms with Gasteiger partial charge in [-0.2, -0.15) is 0 Å². The molecule has 0 aliphatic heterocycles. The maximum atomic E-state index is 4.35. The Labute approximate surface area is 212 Å². The number of hydrogen-bond acceptors (Lipinski definition) is 0. The van der Waals surface area contributed by atoms with Gasteiger partial charge in [0.05, 0.1) is 40.4 Å². The van der Waals surface area contributed by atoms with E-state index in [-0.39, 0.29) is 0 Å². The summed E-state index contributed by atoms with van der Waals surface area (Å²) in [5.74, 6) is 0. The van der Waals surface area contributed by atoms with Crippen LogP contribution in [-0.4, -0.2) is 40.4 Å². The first-order valence-electron chi connectivity index (χ1n) is 12.2. The zero-order chi connectivity index (χ0) is 26.5. The van der Waals surface area contributed by atoms with Crippen molar-refractivity contribution in [3.63, 3.8) is 0 Å². The van der Waals surface area contributed by atoms with Crippen molar-refractivity contribution in [2.75, 3.05) is 0 Å². The summed E-state index contributed by atoms with van der Waals surface area (Å²) in [7, 11) is -10.2. The standard InChI is InChI=1S/C28H52Si5/c1-17-29(13,18-2)25(9)33(26(10)30(14,19-3)20-4,27(11)31(15,21-5)22-6)28(12)32(16,23-7)24-8/h17-28H,1-8H2,9-16H3. The second kappa shape index (κ2) is 11.6. The summed E-state index contributed by atoms with van der Waals surface area (Å²) in [4.78, 5) is 0. The van der Waals surface area contributed by atoms with Crippen molar-refractivity contribution >= 4 is 40.4 Å². The molecule has 33 heavy (non-hydrogen) atoms. The number of hydrogen-bond donors (Lipinski definition) is 0. The van der Waals surface area contributed by atoms with Gasteiger partial charge in [0.1, 0.15) is 0 Å². The SMILES string of the molecule is C=C[Si](C)(C=C)C(C)[Si](C(C)[Si](C)(C=C)C=C)(C(C)[Si](C)(C=C)C=C)C(C)[Si](C)(C=C)C=C. The minimum Gasteiger partial charge on any atom is -0.107 e. The molecule has 0 fully saturated rings. The van der Waals surface area contributed by atoms with Crippen LogP contribution in [0.3, 0.4) is 0 Å². The van der Waals surface area contributed by atoms with Gasteiger partial charge in [-0.05, 0) is 20.7 Å². The van der Waals surface area contributed by atoms with E-state index < -0.39 is 40.4 Å². The molecule has 184 valence electrons. The first-order valence-corrected chi connectivity index (χ1v) is 25.4. The quantitative estimate of drug-likeness (QED) is 0.175. The molecule has 0 rings (SSSR count). The lowest BCUT2D eigenvalue weighted by molar-refractivity contribution is 0.935. The maximum absolute atomic E-state index is 4.35. The van der Waals surface area contributed by atoms with Gasteiger partial charge in [0, 0.05) is 0 Å². The molecule has 5 heteroatoms. The molecule has 0 radical (unpaired) electrons. The van der Waals surface area contributed by atoms with Gasteiger partial charge in [-0.3, -0.25) is 0 Å². The minimum atomic E-state index is -2.24. The second-order valence-corrected chi connectivity index (χ2v) is 36.4. The highest BCUT2D eigenvalue weighted by molar-refractivity contribution is 7.21. The fourth-order valence-corrected chi connectivity index (χ4v) is 46.2. The smallest absolute Gasteiger partial charge is 0.0975 e. The summed E-state index contributed by atoms with van der Waals surface area (Å²) in [6, 6.07) is 0. The van der Waals surface area contributed by atoms with Crippen LogP contribution in [0.4, 0.5) is 0 Å². The summed E-state index contributed by atoms with van der Waals surface area (Å²) in [5.41, 5.74) is 18.1. The molecule has 0 N–H and O–H groups in total. The third-order valence-electron chi connectivity index (χ3n) is 10.3. The molecule has 0 aliphatic rings. The molecule has 0 aromatic heterocycles. The van der Waals surface area contributed by atoms with E-state index in [2.05, 4.69) is 152 Å². The van der Waals surface area contributed by atoms with Crippen LogP contribution in [0, 0.1) is 0 Å². The van der Waals surface area contributed by atoms with Crippen LogP contribution in [0.15, 0.2) is 98.2 Å². The lowest BCUT2D eigenvalue weighted by atomic mass is 10.8. The van der Waals surface area contributed by atoms with Gasteiger partial charge in [0.2, 0.25) is 0 Å². The molecule has 0 aromatic rings. The van der Waals surface area contributed by atoms with Gasteiger partial charge in [-0.25, -0.2) is 0 Å². The molecule has 4 atom stereocenters. The summed E-state index contributed by atoms with van der Waals surface area (Å²) in [6.07, 6.45) is 0. The molecule has 0 amide bonds. The topological polar surface area (TPSA) is 0 Å². The molecule has 0 saturated heterocycles. The van der Waals surface area contributed by atoms with Crippen molar-refractivity contribution in [2.24, 2.45) is 0 Å². The zero-order valence-electron chi connectivity index (χ0n) is 23.1. The highest BCUT2D eigenvalue weighted by Gasteiger charge is 2.64. The highest BCUT2D eigenvalue weighted by atomic mass is 28.5. The monoisotopic (exact) mass is 528 g/mol. The van der Waals surface area contributed by atoms with Crippen molar-refractivity contribution < 1.29 is 0 Å². The van der Waals surface area contributed by atoms with Crippen LogP contribution >= 0.6 is 0 Å². The molecular weight excluding hydrogens is 477 g/mol. The minimum absolute atomic E-state index is 0.533. The molecule has 4 unspecified atom stereocenters. The van der Waals surface area contributed by atoms with Crippen LogP contribution in [0.25, 0.3) is 0 Å². The van der Waals surface area contributed by atoms with Crippen molar-refractivity contribution in [1.82, 2.24) is 0 Å². The normalized spacial score (nSPS) is 18.4. The van der Waals surface area contributed by atoms with E-state index in [1.807, 2.05) is 0 Å². The summed E-state index contributed by atoms with van der Waals surface area (Å²) in [5, 5.41) is 2.13. The average Bonchev–Trinajstić information content (AvgIpc) is 2.86. The lowest BCUT2D eigenvalue weighted by Gasteiger charge is -2.62. The van der Waals surface area contributed by atoms with Crippen molar-refractivity contribution in [2.45, 2.75) is 74.5 Å². The first-order chi connectivity index (χ1) is 15.1. The molecule has 0 aromatic carbocycles. The summed E-state index contributed by atoms with van der Waals surface area (Å²) < 4.78 is 0. The van der Waals surface area contributed by atoms with E-state index in [1.165, 1.54) is 0 Å². The van der Waals surface area contributed by atoms with Crippen LogP contribution in [0.1, 0.15) is 27.7 Å². The third kappa shape index (κ3) is 5.17. The average molecular weight is 529 g/mol. The molecule has 0 bridgehead atoms. The van der Waals surface area contributed by atoms with E-state index in [0.29, 0.717) is 20.7 Å². The van der Waals surface area contributed by atoms with E-state index in [1.54, 1.807) is 0 Å². The van der Waals surface area contributed by atoms with E-state index >= 15 is 0 Å². The van der Waals surface area contributed by atoms with Crippen LogP contribution < -0.4 is 0 Å². The Morgan fingerprint density at radius 1 is 0.364 bits per heavy atom. The van der Waals surface area contributed by atoms with Gasteiger partial charge in [-0.15, -0.1) is 52.6 Å². The fraction of sp³-hybridized carbons (Fsp3) is 0.429. The Bertz CT molecular complexity index is 627. The molecule has 0 aliphatic carbocycles. The Morgan fingerprint density at radius 2 is 0.485 bits per heavy atom. The molecule has 0 nitrogen and oxygen atoms in total. The van der Waals surface area contributed by atoms with E-state index in [9.17, 15) is 0 Å². The van der Waals surface area contributed by atoms with Crippen molar-refractivity contribution in [3.8, 4) is 0 Å². The first kappa shape index (κ1) is 32.0. The van der Waals surface area contributed by atoms with E-state index in [4.69, 9.17) is 0 Å². The Kier molecular flexibility index (Phi) is 11.3. The Hall–Kier alpha value is -0.996. The van der Waals surface area contributed by atoms with Gasteiger partial charge >= 0.3 is 0 Å². The summed E-state index contributed by atoms with van der Waals surface area (Å²) >= 11 is 0. The molecular formula is C28H52Si5. The Balaban J connectivity index is 8.09. The maximum Gasteiger partial charge on any atom is 0.0975 e. The van der Waals surface area contributed by atoms with Gasteiger partial charge in [0.25, 0.3) is 0 Å².